The fourth-order valence-corrected chi connectivity index (χ4v) is 2.65. The largest absolute Gasteiger partial charge is 0.412 e. The molecule has 0 unspecified atom stereocenters. The maximum Gasteiger partial charge on any atom is 0.412 e. The predicted octanol–water partition coefficient (Wildman–Crippen LogP) is 2.64. The van der Waals surface area contributed by atoms with E-state index in [0.717, 1.165) is 12.1 Å². The Morgan fingerprint density at radius 2 is 2.07 bits per heavy atom. The number of hydrogen-bond donors (Lipinski definition) is 2. The topological polar surface area (TPSA) is 102 Å². The average molecular weight is 403 g/mol. The molecule has 1 atom stereocenters. The molecule has 1 heterocycles. The van der Waals surface area contributed by atoms with Crippen LogP contribution >= 0.6 is 0 Å². The number of ether oxygens (including phenoxy) is 1. The third-order valence-corrected chi connectivity index (χ3v) is 4.08. The van der Waals surface area contributed by atoms with Crippen LogP contribution in [0.5, 0.6) is 5.75 Å². The summed E-state index contributed by atoms with van der Waals surface area (Å²) in [6.07, 6.45) is -0.256. The lowest BCUT2D eigenvalue weighted by molar-refractivity contribution is 0.186. The molecule has 1 amide bonds. The van der Waals surface area contributed by atoms with Gasteiger partial charge in [-0.1, -0.05) is 6.92 Å². The number of nitrogens with zero attached hydrogens (tertiary/aromatic N) is 4. The molecule has 8 nitrogen and oxygen atoms in total. The van der Waals surface area contributed by atoms with Crippen LogP contribution in [0.4, 0.5) is 13.6 Å². The van der Waals surface area contributed by atoms with E-state index in [1.807, 2.05) is 6.92 Å². The number of benzene rings is 2. The Balaban J connectivity index is 2.06. The van der Waals surface area contributed by atoms with Crippen LogP contribution in [0.1, 0.15) is 19.7 Å². The number of hydrogen-bond acceptors (Lipinski definition) is 6. The third kappa shape index (κ3) is 4.72. The van der Waals surface area contributed by atoms with Crippen molar-refractivity contribution in [1.29, 1.82) is 0 Å². The fraction of sp³-hybridized carbons (Fsp3) is 0.263. The van der Waals surface area contributed by atoms with Crippen LogP contribution in [-0.4, -0.2) is 44.1 Å². The van der Waals surface area contributed by atoms with Gasteiger partial charge in [-0.05, 0) is 47.2 Å². The molecule has 0 aliphatic carbocycles. The SMILES string of the molecule is CCc1nnnn1-c1cc(OC(=O)N[C@@H](C)CO)cc(-c2ccc(F)cc2F)c1. The van der Waals surface area contributed by atoms with Gasteiger partial charge in [0.1, 0.15) is 17.4 Å². The van der Waals surface area contributed by atoms with Gasteiger partial charge in [0.25, 0.3) is 0 Å². The van der Waals surface area contributed by atoms with Crippen LogP contribution < -0.4 is 10.1 Å². The molecule has 3 aromatic rings. The minimum Gasteiger partial charge on any atom is -0.410 e. The first kappa shape index (κ1) is 20.3. The molecule has 29 heavy (non-hydrogen) atoms. The molecule has 0 aliphatic rings. The second-order valence-electron chi connectivity index (χ2n) is 6.32. The number of aromatic nitrogens is 4. The summed E-state index contributed by atoms with van der Waals surface area (Å²) in [5.41, 5.74) is 0.898. The van der Waals surface area contributed by atoms with Crippen LogP contribution in [0.3, 0.4) is 0 Å². The maximum atomic E-state index is 14.3. The number of tetrazole rings is 1. The number of aliphatic hydroxyl groups excluding tert-OH is 1. The number of aliphatic hydroxyl groups is 1. The van der Waals surface area contributed by atoms with E-state index in [1.165, 1.54) is 22.9 Å². The van der Waals surface area contributed by atoms with Crippen molar-refractivity contribution in [3.63, 3.8) is 0 Å². The second-order valence-corrected chi connectivity index (χ2v) is 6.32. The summed E-state index contributed by atoms with van der Waals surface area (Å²) in [4.78, 5) is 12.0. The van der Waals surface area contributed by atoms with E-state index in [2.05, 4.69) is 20.8 Å². The Hall–Kier alpha value is -3.40. The van der Waals surface area contributed by atoms with Crippen LogP contribution in [-0.2, 0) is 6.42 Å². The highest BCUT2D eigenvalue weighted by atomic mass is 19.1. The number of halogens is 2. The molecule has 1 aromatic heterocycles. The number of carbonyl (C=O) groups is 1. The summed E-state index contributed by atoms with van der Waals surface area (Å²) in [5.74, 6) is -0.823. The number of rotatable bonds is 6. The standard InChI is InChI=1S/C19H19F2N5O3/c1-3-18-23-24-25-26(18)14-6-12(16-5-4-13(20)8-17(16)21)7-15(9-14)29-19(28)22-11(2)10-27/h4-9,11,27H,3,10H2,1-2H3,(H,22,28)/t11-/m0/s1. The number of nitrogens with one attached hydrogen (secondary N) is 1. The Morgan fingerprint density at radius 3 is 2.76 bits per heavy atom. The minimum absolute atomic E-state index is 0.0985. The highest BCUT2D eigenvalue weighted by Crippen LogP contribution is 2.30. The number of amides is 1. The zero-order chi connectivity index (χ0) is 21.0. The molecule has 152 valence electrons. The zero-order valence-corrected chi connectivity index (χ0v) is 15.8. The summed E-state index contributed by atoms with van der Waals surface area (Å²) in [6.45, 7) is 3.21. The van der Waals surface area contributed by atoms with Crippen molar-refractivity contribution < 1.29 is 23.4 Å². The maximum absolute atomic E-state index is 14.3. The molecule has 0 saturated carbocycles. The fourth-order valence-electron chi connectivity index (χ4n) is 2.65. The van der Waals surface area contributed by atoms with Crippen molar-refractivity contribution in [1.82, 2.24) is 25.5 Å². The molecule has 3 rings (SSSR count). The molecule has 2 aromatic carbocycles. The summed E-state index contributed by atoms with van der Waals surface area (Å²) < 4.78 is 34.4. The normalized spacial score (nSPS) is 11.9. The molecular weight excluding hydrogens is 384 g/mol. The van der Waals surface area contributed by atoms with E-state index in [4.69, 9.17) is 9.84 Å². The van der Waals surface area contributed by atoms with E-state index in [-0.39, 0.29) is 17.9 Å². The van der Waals surface area contributed by atoms with Crippen molar-refractivity contribution >= 4 is 6.09 Å². The minimum atomic E-state index is -0.790. The Labute approximate surface area is 165 Å². The van der Waals surface area contributed by atoms with Gasteiger partial charge in [-0.2, -0.15) is 4.68 Å². The molecule has 0 spiro atoms. The summed E-state index contributed by atoms with van der Waals surface area (Å²) in [6, 6.07) is 7.26. The summed E-state index contributed by atoms with van der Waals surface area (Å²) >= 11 is 0. The van der Waals surface area contributed by atoms with Gasteiger partial charge in [-0.15, -0.1) is 5.10 Å². The van der Waals surface area contributed by atoms with Crippen LogP contribution in [0.25, 0.3) is 16.8 Å². The van der Waals surface area contributed by atoms with Gasteiger partial charge in [0, 0.05) is 24.1 Å². The molecule has 0 radical (unpaired) electrons. The van der Waals surface area contributed by atoms with Crippen molar-refractivity contribution in [3.05, 3.63) is 53.9 Å². The Kier molecular flexibility index (Phi) is 6.13. The first-order valence-electron chi connectivity index (χ1n) is 8.88. The molecule has 0 fully saturated rings. The van der Waals surface area contributed by atoms with Crippen LogP contribution in [0.2, 0.25) is 0 Å². The van der Waals surface area contributed by atoms with E-state index in [1.54, 1.807) is 13.0 Å². The van der Waals surface area contributed by atoms with Gasteiger partial charge < -0.3 is 15.2 Å². The van der Waals surface area contributed by atoms with Crippen molar-refractivity contribution in [2.24, 2.45) is 0 Å². The molecule has 0 saturated heterocycles. The lowest BCUT2D eigenvalue weighted by Crippen LogP contribution is -2.37. The second kappa shape index (κ2) is 8.74. The smallest absolute Gasteiger partial charge is 0.410 e. The van der Waals surface area contributed by atoms with Gasteiger partial charge in [-0.3, -0.25) is 0 Å². The summed E-state index contributed by atoms with van der Waals surface area (Å²) in [5, 5.41) is 23.0. The van der Waals surface area contributed by atoms with E-state index in [0.29, 0.717) is 23.5 Å². The lowest BCUT2D eigenvalue weighted by atomic mass is 10.0. The zero-order valence-electron chi connectivity index (χ0n) is 15.8. The van der Waals surface area contributed by atoms with Gasteiger partial charge >= 0.3 is 6.09 Å². The molecule has 10 heteroatoms. The van der Waals surface area contributed by atoms with Gasteiger partial charge in [0.05, 0.1) is 18.3 Å². The molecule has 0 bridgehead atoms. The summed E-state index contributed by atoms with van der Waals surface area (Å²) in [7, 11) is 0. The quantitative estimate of drug-likeness (QED) is 0.656. The van der Waals surface area contributed by atoms with Crippen molar-refractivity contribution in [2.75, 3.05) is 6.61 Å². The highest BCUT2D eigenvalue weighted by Gasteiger charge is 2.15. The van der Waals surface area contributed by atoms with Crippen LogP contribution in [0.15, 0.2) is 36.4 Å². The van der Waals surface area contributed by atoms with Gasteiger partial charge in [0.2, 0.25) is 0 Å². The molecule has 0 aliphatic heterocycles. The first-order chi connectivity index (χ1) is 13.9. The van der Waals surface area contributed by atoms with Crippen LogP contribution in [0, 0.1) is 11.6 Å². The van der Waals surface area contributed by atoms with Crippen molar-refractivity contribution in [3.8, 4) is 22.6 Å². The van der Waals surface area contributed by atoms with E-state index < -0.39 is 23.8 Å². The van der Waals surface area contributed by atoms with Gasteiger partial charge in [-0.25, -0.2) is 13.6 Å². The van der Waals surface area contributed by atoms with E-state index >= 15 is 0 Å². The monoisotopic (exact) mass is 403 g/mol. The molecule has 2 N–H and O–H groups in total. The molecular formula is C19H19F2N5O3. The number of aryl methyl sites for hydroxylation is 1. The lowest BCUT2D eigenvalue weighted by Gasteiger charge is -2.14. The van der Waals surface area contributed by atoms with Crippen molar-refractivity contribution in [2.45, 2.75) is 26.3 Å². The van der Waals surface area contributed by atoms with E-state index in [9.17, 15) is 13.6 Å². The Bertz CT molecular complexity index is 1020. The highest BCUT2D eigenvalue weighted by molar-refractivity contribution is 5.74. The average Bonchev–Trinajstić information content (AvgIpc) is 3.16. The Morgan fingerprint density at radius 1 is 1.28 bits per heavy atom. The predicted molar refractivity (Wildman–Crippen MR) is 99.6 cm³/mol. The van der Waals surface area contributed by atoms with Gasteiger partial charge in [0.15, 0.2) is 5.82 Å². The number of carbonyl (C=O) groups excluding carboxylic acids is 1. The first-order valence-corrected chi connectivity index (χ1v) is 8.88. The third-order valence-electron chi connectivity index (χ3n) is 4.08.